The molecule has 0 aliphatic rings. The van der Waals surface area contributed by atoms with Crippen molar-refractivity contribution in [3.05, 3.63) is 92.9 Å². The van der Waals surface area contributed by atoms with Crippen LogP contribution in [0.3, 0.4) is 0 Å². The summed E-state index contributed by atoms with van der Waals surface area (Å²) in [5.41, 5.74) is -1.44. The molecule has 0 aliphatic carbocycles. The monoisotopic (exact) mass is 663 g/mol. The van der Waals surface area contributed by atoms with Gasteiger partial charge in [-0.25, -0.2) is 8.42 Å². The molecule has 0 heterocycles. The van der Waals surface area contributed by atoms with Crippen LogP contribution in [-0.2, 0) is 32.3 Å². The van der Waals surface area contributed by atoms with Crippen molar-refractivity contribution in [3.63, 3.8) is 0 Å². The number of rotatable bonds is 11. The van der Waals surface area contributed by atoms with Crippen molar-refractivity contribution in [2.24, 2.45) is 0 Å². The SMILES string of the molecule is CCCNC(=O)[C@@H](C)N(Cc1c(Cl)cccc1Cl)C(=O)CN(c1ccc(Cl)c(C(F)(F)F)c1)S(=O)(=O)c1ccccc1. The van der Waals surface area contributed by atoms with Crippen LogP contribution < -0.4 is 9.62 Å². The molecule has 0 spiro atoms. The number of carbonyl (C=O) groups is 2. The molecule has 14 heteroatoms. The van der Waals surface area contributed by atoms with Crippen molar-refractivity contribution in [2.45, 2.75) is 43.9 Å². The van der Waals surface area contributed by atoms with Gasteiger partial charge in [0.1, 0.15) is 12.6 Å². The Morgan fingerprint density at radius 1 is 0.929 bits per heavy atom. The molecule has 3 aromatic carbocycles. The number of carbonyl (C=O) groups excluding carboxylic acids is 2. The molecule has 0 aliphatic heterocycles. The number of hydrogen-bond donors (Lipinski definition) is 1. The molecular weight excluding hydrogens is 638 g/mol. The standard InChI is InChI=1S/C28H27Cl3F3N3O4S/c1-3-14-35-27(39)18(2)36(16-21-23(29)10-7-11-24(21)30)26(38)17-37(42(40,41)20-8-5-4-6-9-20)19-12-13-25(31)22(15-19)28(32,33)34/h4-13,15,18H,3,14,16-17H2,1-2H3,(H,35,39)/t18-/m1/s1. The third kappa shape index (κ3) is 7.89. The molecule has 0 aromatic heterocycles. The number of sulfonamides is 1. The molecule has 42 heavy (non-hydrogen) atoms. The van der Waals surface area contributed by atoms with E-state index in [9.17, 15) is 31.2 Å². The predicted octanol–water partition coefficient (Wildman–Crippen LogP) is 6.80. The highest BCUT2D eigenvalue weighted by Gasteiger charge is 2.37. The molecule has 0 saturated heterocycles. The fourth-order valence-corrected chi connectivity index (χ4v) is 6.14. The number of hydrogen-bond acceptors (Lipinski definition) is 4. The first kappa shape index (κ1) is 33.5. The van der Waals surface area contributed by atoms with Crippen molar-refractivity contribution in [1.82, 2.24) is 10.2 Å². The topological polar surface area (TPSA) is 86.8 Å². The molecule has 0 saturated carbocycles. The smallest absolute Gasteiger partial charge is 0.354 e. The minimum atomic E-state index is -4.90. The zero-order valence-electron chi connectivity index (χ0n) is 22.5. The molecule has 0 bridgehead atoms. The summed E-state index contributed by atoms with van der Waals surface area (Å²) in [6, 6.07) is 13.0. The third-order valence-corrected chi connectivity index (χ3v) is 9.09. The van der Waals surface area contributed by atoms with Gasteiger partial charge in [0.15, 0.2) is 0 Å². The van der Waals surface area contributed by atoms with Crippen molar-refractivity contribution in [1.29, 1.82) is 0 Å². The fraction of sp³-hybridized carbons (Fsp3) is 0.286. The van der Waals surface area contributed by atoms with E-state index in [0.29, 0.717) is 28.9 Å². The maximum atomic E-state index is 13.9. The maximum absolute atomic E-state index is 13.9. The summed E-state index contributed by atoms with van der Waals surface area (Å²) in [5, 5.41) is 2.43. The van der Waals surface area contributed by atoms with E-state index < -0.39 is 56.9 Å². The highest BCUT2D eigenvalue weighted by molar-refractivity contribution is 7.92. The minimum Gasteiger partial charge on any atom is -0.354 e. The fourth-order valence-electron chi connectivity index (χ4n) is 3.97. The first-order chi connectivity index (χ1) is 19.7. The summed E-state index contributed by atoms with van der Waals surface area (Å²) in [6.07, 6.45) is -4.29. The third-order valence-electron chi connectivity index (χ3n) is 6.26. The lowest BCUT2D eigenvalue weighted by Crippen LogP contribution is -2.51. The minimum absolute atomic E-state index is 0.197. The zero-order chi connectivity index (χ0) is 31.2. The Morgan fingerprint density at radius 2 is 1.55 bits per heavy atom. The highest BCUT2D eigenvalue weighted by Crippen LogP contribution is 2.38. The molecule has 3 aromatic rings. The zero-order valence-corrected chi connectivity index (χ0v) is 25.5. The molecule has 1 atom stereocenters. The lowest BCUT2D eigenvalue weighted by Gasteiger charge is -2.32. The van der Waals surface area contributed by atoms with Gasteiger partial charge < -0.3 is 10.2 Å². The second kappa shape index (κ2) is 14.0. The van der Waals surface area contributed by atoms with Gasteiger partial charge in [-0.15, -0.1) is 0 Å². The van der Waals surface area contributed by atoms with E-state index in [1.165, 1.54) is 43.3 Å². The summed E-state index contributed by atoms with van der Waals surface area (Å²) in [6.45, 7) is 2.35. The average Bonchev–Trinajstić information content (AvgIpc) is 2.94. The van der Waals surface area contributed by atoms with Crippen LogP contribution in [0.5, 0.6) is 0 Å². The molecule has 226 valence electrons. The lowest BCUT2D eigenvalue weighted by molar-refractivity contribution is -0.139. The van der Waals surface area contributed by atoms with E-state index in [1.54, 1.807) is 12.1 Å². The quantitative estimate of drug-likeness (QED) is 0.244. The highest BCUT2D eigenvalue weighted by atomic mass is 35.5. The molecule has 1 N–H and O–H groups in total. The van der Waals surface area contributed by atoms with Crippen LogP contribution in [-0.4, -0.2) is 44.3 Å². The molecule has 0 unspecified atom stereocenters. The van der Waals surface area contributed by atoms with E-state index in [2.05, 4.69) is 5.32 Å². The van der Waals surface area contributed by atoms with Gasteiger partial charge in [-0.3, -0.25) is 13.9 Å². The van der Waals surface area contributed by atoms with Gasteiger partial charge in [-0.05, 0) is 55.8 Å². The van der Waals surface area contributed by atoms with Crippen LogP contribution in [0.25, 0.3) is 0 Å². The summed E-state index contributed by atoms with van der Waals surface area (Å²) in [4.78, 5) is 27.6. The molecule has 3 rings (SSSR count). The predicted molar refractivity (Wildman–Crippen MR) is 157 cm³/mol. The number of nitrogens with one attached hydrogen (secondary N) is 1. The first-order valence-electron chi connectivity index (χ1n) is 12.6. The normalized spacial score (nSPS) is 12.5. The molecule has 2 amide bonds. The van der Waals surface area contributed by atoms with Crippen LogP contribution >= 0.6 is 34.8 Å². The van der Waals surface area contributed by atoms with E-state index >= 15 is 0 Å². The lowest BCUT2D eigenvalue weighted by atomic mass is 10.1. The van der Waals surface area contributed by atoms with Gasteiger partial charge in [0, 0.05) is 28.7 Å². The Balaban J connectivity index is 2.13. The van der Waals surface area contributed by atoms with E-state index in [1.807, 2.05) is 6.92 Å². The van der Waals surface area contributed by atoms with Crippen LogP contribution in [0.2, 0.25) is 15.1 Å². The molecule has 7 nitrogen and oxygen atoms in total. The van der Waals surface area contributed by atoms with Gasteiger partial charge in [0.2, 0.25) is 11.8 Å². The molecule has 0 fully saturated rings. The van der Waals surface area contributed by atoms with Gasteiger partial charge in [0.05, 0.1) is 21.2 Å². The van der Waals surface area contributed by atoms with Gasteiger partial charge in [-0.1, -0.05) is 66.0 Å². The van der Waals surface area contributed by atoms with Crippen LogP contribution in [0.1, 0.15) is 31.4 Å². The Kier molecular flexibility index (Phi) is 11.2. The summed E-state index contributed by atoms with van der Waals surface area (Å²) >= 11 is 18.4. The maximum Gasteiger partial charge on any atom is 0.417 e. The van der Waals surface area contributed by atoms with E-state index in [-0.39, 0.29) is 21.5 Å². The summed E-state index contributed by atoms with van der Waals surface area (Å²) in [7, 11) is -4.58. The Morgan fingerprint density at radius 3 is 2.12 bits per heavy atom. The van der Waals surface area contributed by atoms with Crippen LogP contribution in [0.15, 0.2) is 71.6 Å². The first-order valence-corrected chi connectivity index (χ1v) is 15.2. The van der Waals surface area contributed by atoms with E-state index in [4.69, 9.17) is 34.8 Å². The van der Waals surface area contributed by atoms with Gasteiger partial charge >= 0.3 is 6.18 Å². The van der Waals surface area contributed by atoms with Gasteiger partial charge in [0.25, 0.3) is 10.0 Å². The summed E-state index contributed by atoms with van der Waals surface area (Å²) in [5.74, 6) is -1.43. The van der Waals surface area contributed by atoms with Crippen LogP contribution in [0.4, 0.5) is 18.9 Å². The Bertz CT molecular complexity index is 1520. The van der Waals surface area contributed by atoms with E-state index in [0.717, 1.165) is 17.0 Å². The Labute approximate surface area is 257 Å². The Hall–Kier alpha value is -2.99. The van der Waals surface area contributed by atoms with Crippen molar-refractivity contribution in [3.8, 4) is 0 Å². The summed E-state index contributed by atoms with van der Waals surface area (Å²) < 4.78 is 69.2. The average molecular weight is 665 g/mol. The van der Waals surface area contributed by atoms with Crippen LogP contribution in [0, 0.1) is 0 Å². The number of anilines is 1. The van der Waals surface area contributed by atoms with Gasteiger partial charge in [-0.2, -0.15) is 13.2 Å². The van der Waals surface area contributed by atoms with Crippen molar-refractivity contribution < 1.29 is 31.2 Å². The molecule has 0 radical (unpaired) electrons. The number of amides is 2. The van der Waals surface area contributed by atoms with Crippen molar-refractivity contribution in [2.75, 3.05) is 17.4 Å². The molecular formula is C28H27Cl3F3N3O4S. The number of alkyl halides is 3. The number of halogens is 6. The second-order valence-corrected chi connectivity index (χ2v) is 12.3. The number of nitrogens with zero attached hydrogens (tertiary/aromatic N) is 2. The largest absolute Gasteiger partial charge is 0.417 e. The second-order valence-electron chi connectivity index (χ2n) is 9.18. The number of benzene rings is 3. The van der Waals surface area contributed by atoms with Crippen molar-refractivity contribution >= 4 is 62.3 Å².